The highest BCUT2D eigenvalue weighted by atomic mass is 32.2. The van der Waals surface area contributed by atoms with Gasteiger partial charge in [-0.1, -0.05) is 0 Å². The molecular formula is C18H16FN5O2S. The van der Waals surface area contributed by atoms with Gasteiger partial charge in [-0.05, 0) is 43.7 Å². The van der Waals surface area contributed by atoms with Gasteiger partial charge in [-0.2, -0.15) is 0 Å². The van der Waals surface area contributed by atoms with Gasteiger partial charge in [0.15, 0.2) is 5.65 Å². The van der Waals surface area contributed by atoms with Crippen LogP contribution in [0.1, 0.15) is 16.8 Å². The molecule has 3 aromatic heterocycles. The molecule has 4 rings (SSSR count). The minimum atomic E-state index is -3.97. The highest BCUT2D eigenvalue weighted by molar-refractivity contribution is 7.89. The van der Waals surface area contributed by atoms with Crippen LogP contribution >= 0.6 is 0 Å². The van der Waals surface area contributed by atoms with E-state index in [1.54, 1.807) is 24.0 Å². The molecule has 0 spiro atoms. The minimum Gasteiger partial charge on any atom is -0.325 e. The number of primary sulfonamides is 1. The second kappa shape index (κ2) is 6.07. The normalized spacial score (nSPS) is 12.1. The number of sulfonamides is 1. The molecule has 0 bridgehead atoms. The van der Waals surface area contributed by atoms with Crippen LogP contribution in [0.4, 0.5) is 4.39 Å². The van der Waals surface area contributed by atoms with Crippen molar-refractivity contribution < 1.29 is 12.8 Å². The standard InChI is InChI=1S/C18H16FN5O2S/c1-10-5-12(27(20,25)26)6-15(19)14(10)8-24-9-22-16-7-21-18-13(17(16)24)4-3-11(2)23-18/h3-7,9H,8H2,1-2H3,(H2,20,25,26). The first-order valence-corrected chi connectivity index (χ1v) is 9.67. The lowest BCUT2D eigenvalue weighted by Gasteiger charge is -2.12. The van der Waals surface area contributed by atoms with E-state index in [1.165, 1.54) is 6.07 Å². The van der Waals surface area contributed by atoms with Gasteiger partial charge in [0.1, 0.15) is 11.3 Å². The number of hydrogen-bond donors (Lipinski definition) is 1. The zero-order valence-electron chi connectivity index (χ0n) is 14.6. The van der Waals surface area contributed by atoms with Crippen LogP contribution in [0.5, 0.6) is 0 Å². The van der Waals surface area contributed by atoms with Crippen molar-refractivity contribution in [1.82, 2.24) is 19.5 Å². The summed E-state index contributed by atoms with van der Waals surface area (Å²) < 4.78 is 39.4. The maximum Gasteiger partial charge on any atom is 0.238 e. The fourth-order valence-electron chi connectivity index (χ4n) is 3.13. The quantitative estimate of drug-likeness (QED) is 0.583. The first-order chi connectivity index (χ1) is 12.7. The number of pyridine rings is 2. The summed E-state index contributed by atoms with van der Waals surface area (Å²) in [7, 11) is -3.97. The molecule has 0 aliphatic carbocycles. The summed E-state index contributed by atoms with van der Waals surface area (Å²) >= 11 is 0. The van der Waals surface area contributed by atoms with Crippen molar-refractivity contribution in [1.29, 1.82) is 0 Å². The molecule has 0 amide bonds. The van der Waals surface area contributed by atoms with Gasteiger partial charge in [-0.15, -0.1) is 0 Å². The first kappa shape index (κ1) is 17.5. The number of aryl methyl sites for hydroxylation is 2. The molecule has 7 nitrogen and oxygen atoms in total. The number of aromatic nitrogens is 4. The van der Waals surface area contributed by atoms with Gasteiger partial charge < -0.3 is 4.57 Å². The Morgan fingerprint density at radius 1 is 1.19 bits per heavy atom. The van der Waals surface area contributed by atoms with Gasteiger partial charge in [0.05, 0.1) is 29.5 Å². The topological polar surface area (TPSA) is 104 Å². The van der Waals surface area contributed by atoms with Crippen LogP contribution in [0, 0.1) is 19.7 Å². The van der Waals surface area contributed by atoms with Gasteiger partial charge in [0.25, 0.3) is 0 Å². The maximum absolute atomic E-state index is 14.6. The van der Waals surface area contributed by atoms with E-state index in [2.05, 4.69) is 15.0 Å². The summed E-state index contributed by atoms with van der Waals surface area (Å²) in [5.41, 5.74) is 3.76. The number of rotatable bonds is 3. The summed E-state index contributed by atoms with van der Waals surface area (Å²) in [4.78, 5) is 12.8. The molecule has 1 aromatic carbocycles. The molecule has 138 valence electrons. The summed E-state index contributed by atoms with van der Waals surface area (Å²) in [6.07, 6.45) is 3.24. The fourth-order valence-corrected chi connectivity index (χ4v) is 3.74. The van der Waals surface area contributed by atoms with Gasteiger partial charge >= 0.3 is 0 Å². The van der Waals surface area contributed by atoms with E-state index in [0.717, 1.165) is 22.7 Å². The zero-order valence-corrected chi connectivity index (χ0v) is 15.5. The Labute approximate surface area is 154 Å². The molecule has 0 saturated heterocycles. The number of nitrogens with zero attached hydrogens (tertiary/aromatic N) is 4. The largest absolute Gasteiger partial charge is 0.325 e. The molecular weight excluding hydrogens is 369 g/mol. The summed E-state index contributed by atoms with van der Waals surface area (Å²) in [6, 6.07) is 6.12. The molecule has 0 fully saturated rings. The van der Waals surface area contributed by atoms with Crippen molar-refractivity contribution >= 4 is 32.1 Å². The molecule has 0 aliphatic heterocycles. The summed E-state index contributed by atoms with van der Waals surface area (Å²) in [6.45, 7) is 3.72. The Balaban J connectivity index is 1.87. The molecule has 0 saturated carbocycles. The Kier molecular flexibility index (Phi) is 3.93. The average molecular weight is 385 g/mol. The lowest BCUT2D eigenvalue weighted by atomic mass is 10.1. The highest BCUT2D eigenvalue weighted by Crippen LogP contribution is 2.25. The van der Waals surface area contributed by atoms with Crippen LogP contribution in [0.15, 0.2) is 41.7 Å². The van der Waals surface area contributed by atoms with Crippen molar-refractivity contribution in [3.63, 3.8) is 0 Å². The molecule has 0 aliphatic rings. The molecule has 3 heterocycles. The SMILES string of the molecule is Cc1ccc2c(ncc3ncn(Cc4c(C)cc(S(N)(=O)=O)cc4F)c32)n1. The van der Waals surface area contributed by atoms with E-state index in [9.17, 15) is 12.8 Å². The third-order valence-corrected chi connectivity index (χ3v) is 5.39. The van der Waals surface area contributed by atoms with Crippen LogP contribution in [-0.2, 0) is 16.6 Å². The van der Waals surface area contributed by atoms with E-state index in [4.69, 9.17) is 5.14 Å². The van der Waals surface area contributed by atoms with Crippen LogP contribution in [0.3, 0.4) is 0 Å². The molecule has 0 atom stereocenters. The van der Waals surface area contributed by atoms with Crippen LogP contribution in [-0.4, -0.2) is 27.9 Å². The smallest absolute Gasteiger partial charge is 0.238 e. The highest BCUT2D eigenvalue weighted by Gasteiger charge is 2.17. The van der Waals surface area contributed by atoms with Crippen molar-refractivity contribution in [2.75, 3.05) is 0 Å². The first-order valence-electron chi connectivity index (χ1n) is 8.13. The molecule has 0 radical (unpaired) electrons. The summed E-state index contributed by atoms with van der Waals surface area (Å²) in [5, 5.41) is 5.92. The van der Waals surface area contributed by atoms with Crippen LogP contribution in [0.2, 0.25) is 0 Å². The van der Waals surface area contributed by atoms with E-state index >= 15 is 0 Å². The van der Waals surface area contributed by atoms with Crippen molar-refractivity contribution in [3.8, 4) is 0 Å². The van der Waals surface area contributed by atoms with Gasteiger partial charge in [0, 0.05) is 16.6 Å². The van der Waals surface area contributed by atoms with E-state index in [0.29, 0.717) is 22.3 Å². The second-order valence-corrected chi connectivity index (χ2v) is 8.00. The molecule has 27 heavy (non-hydrogen) atoms. The monoisotopic (exact) mass is 385 g/mol. The molecule has 9 heteroatoms. The van der Waals surface area contributed by atoms with Crippen LogP contribution in [0.25, 0.3) is 22.1 Å². The van der Waals surface area contributed by atoms with E-state index < -0.39 is 15.8 Å². The van der Waals surface area contributed by atoms with Crippen molar-refractivity contribution in [3.05, 3.63) is 59.4 Å². The van der Waals surface area contributed by atoms with Crippen molar-refractivity contribution in [2.24, 2.45) is 5.14 Å². The Hall–Kier alpha value is -2.91. The predicted molar refractivity (Wildman–Crippen MR) is 99.2 cm³/mol. The average Bonchev–Trinajstić information content (AvgIpc) is 3.00. The lowest BCUT2D eigenvalue weighted by molar-refractivity contribution is 0.582. The van der Waals surface area contributed by atoms with Crippen LogP contribution < -0.4 is 5.14 Å². The third kappa shape index (κ3) is 3.04. The summed E-state index contributed by atoms with van der Waals surface area (Å²) in [5.74, 6) is -0.631. The number of hydrogen-bond acceptors (Lipinski definition) is 5. The molecule has 4 aromatic rings. The molecule has 2 N–H and O–H groups in total. The number of imidazole rings is 1. The molecule has 0 unspecified atom stereocenters. The maximum atomic E-state index is 14.6. The van der Waals surface area contributed by atoms with E-state index in [1.807, 2.05) is 19.1 Å². The van der Waals surface area contributed by atoms with Gasteiger partial charge in [0.2, 0.25) is 10.0 Å². The Morgan fingerprint density at radius 3 is 2.67 bits per heavy atom. The number of nitrogens with two attached hydrogens (primary N) is 1. The number of benzene rings is 1. The predicted octanol–water partition coefficient (Wildman–Crippen LogP) is 2.43. The van der Waals surface area contributed by atoms with Gasteiger partial charge in [-0.3, -0.25) is 0 Å². The Bertz CT molecular complexity index is 1290. The fraction of sp³-hybridized carbons (Fsp3) is 0.167. The van der Waals surface area contributed by atoms with Gasteiger partial charge in [-0.25, -0.2) is 32.9 Å². The number of fused-ring (bicyclic) bond motifs is 3. The van der Waals surface area contributed by atoms with E-state index in [-0.39, 0.29) is 11.4 Å². The van der Waals surface area contributed by atoms with Crippen molar-refractivity contribution in [2.45, 2.75) is 25.3 Å². The third-order valence-electron chi connectivity index (χ3n) is 4.49. The lowest BCUT2D eigenvalue weighted by Crippen LogP contribution is -2.14. The second-order valence-electron chi connectivity index (χ2n) is 6.43. The Morgan fingerprint density at radius 2 is 1.96 bits per heavy atom. The minimum absolute atomic E-state index is 0.187. The number of halogens is 1. The zero-order chi connectivity index (χ0) is 19.3.